The molecule has 2 N–H and O–H groups in total. The summed E-state index contributed by atoms with van der Waals surface area (Å²) in [6.07, 6.45) is 0. The molecule has 0 aliphatic rings. The first-order valence-corrected chi connectivity index (χ1v) is 7.97. The first-order chi connectivity index (χ1) is 8.56. The van der Waals surface area contributed by atoms with E-state index < -0.39 is 0 Å². The lowest BCUT2D eigenvalue weighted by atomic mass is 10.1. The van der Waals surface area contributed by atoms with Crippen molar-refractivity contribution in [2.75, 3.05) is 12.8 Å². The SMILES string of the molecule is CN(Cc1csc(Br)c1)Cc1c(N)cccc1Br. The van der Waals surface area contributed by atoms with Crippen LogP contribution in [0.2, 0.25) is 0 Å². The average Bonchev–Trinajstić information content (AvgIpc) is 2.69. The first kappa shape index (κ1) is 14.1. The Hall–Kier alpha value is -0.360. The zero-order chi connectivity index (χ0) is 13.1. The maximum atomic E-state index is 6.01. The summed E-state index contributed by atoms with van der Waals surface area (Å²) < 4.78 is 2.24. The first-order valence-electron chi connectivity index (χ1n) is 5.50. The van der Waals surface area contributed by atoms with Gasteiger partial charge in [-0.25, -0.2) is 0 Å². The standard InChI is InChI=1S/C13H14Br2N2S/c1-17(6-9-5-13(15)18-8-9)7-10-11(14)3-2-4-12(10)16/h2-5,8H,6-7,16H2,1H3. The van der Waals surface area contributed by atoms with Crippen molar-refractivity contribution in [3.63, 3.8) is 0 Å². The molecule has 2 nitrogen and oxygen atoms in total. The van der Waals surface area contributed by atoms with Crippen LogP contribution in [0.5, 0.6) is 0 Å². The summed E-state index contributed by atoms with van der Waals surface area (Å²) in [5.41, 5.74) is 9.31. The van der Waals surface area contributed by atoms with Crippen molar-refractivity contribution >= 4 is 48.9 Å². The minimum Gasteiger partial charge on any atom is -0.398 e. The lowest BCUT2D eigenvalue weighted by Gasteiger charge is -2.18. The van der Waals surface area contributed by atoms with Gasteiger partial charge in [0.2, 0.25) is 0 Å². The van der Waals surface area contributed by atoms with Gasteiger partial charge in [-0.15, -0.1) is 11.3 Å². The number of nitrogens with zero attached hydrogens (tertiary/aromatic N) is 1. The molecule has 0 amide bonds. The summed E-state index contributed by atoms with van der Waals surface area (Å²) in [6.45, 7) is 1.75. The van der Waals surface area contributed by atoms with Crippen molar-refractivity contribution in [2.45, 2.75) is 13.1 Å². The van der Waals surface area contributed by atoms with E-state index in [2.05, 4.69) is 55.3 Å². The number of nitrogen functional groups attached to an aromatic ring is 1. The van der Waals surface area contributed by atoms with E-state index >= 15 is 0 Å². The molecule has 1 aromatic heterocycles. The molecule has 0 bridgehead atoms. The van der Waals surface area contributed by atoms with E-state index in [9.17, 15) is 0 Å². The highest BCUT2D eigenvalue weighted by molar-refractivity contribution is 9.11. The van der Waals surface area contributed by atoms with Gasteiger partial charge in [-0.1, -0.05) is 22.0 Å². The highest BCUT2D eigenvalue weighted by Crippen LogP contribution is 2.25. The van der Waals surface area contributed by atoms with Crippen LogP contribution in [-0.2, 0) is 13.1 Å². The van der Waals surface area contributed by atoms with Gasteiger partial charge in [0.05, 0.1) is 3.79 Å². The Bertz CT molecular complexity index is 519. The number of benzene rings is 1. The molecule has 5 heteroatoms. The van der Waals surface area contributed by atoms with Crippen molar-refractivity contribution in [1.29, 1.82) is 0 Å². The van der Waals surface area contributed by atoms with Gasteiger partial charge in [-0.05, 0) is 52.1 Å². The number of anilines is 1. The lowest BCUT2D eigenvalue weighted by Crippen LogP contribution is -2.18. The Morgan fingerprint density at radius 2 is 2.06 bits per heavy atom. The molecule has 96 valence electrons. The fourth-order valence-corrected chi connectivity index (χ4v) is 3.52. The summed E-state index contributed by atoms with van der Waals surface area (Å²) in [5.74, 6) is 0. The molecular formula is C13H14Br2N2S. The Morgan fingerprint density at radius 3 is 2.67 bits per heavy atom. The lowest BCUT2D eigenvalue weighted by molar-refractivity contribution is 0.319. The smallest absolute Gasteiger partial charge is 0.0701 e. The van der Waals surface area contributed by atoms with Crippen LogP contribution in [0.15, 0.2) is 37.9 Å². The molecule has 1 aromatic carbocycles. The zero-order valence-electron chi connectivity index (χ0n) is 9.99. The maximum absolute atomic E-state index is 6.01. The van der Waals surface area contributed by atoms with Crippen molar-refractivity contribution in [3.8, 4) is 0 Å². The molecule has 0 saturated heterocycles. The quantitative estimate of drug-likeness (QED) is 0.780. The molecule has 0 atom stereocenters. The fraction of sp³-hybridized carbons (Fsp3) is 0.231. The van der Waals surface area contributed by atoms with Crippen LogP contribution in [0.3, 0.4) is 0 Å². The second-order valence-electron chi connectivity index (χ2n) is 4.24. The second kappa shape index (κ2) is 6.19. The van der Waals surface area contributed by atoms with E-state index in [-0.39, 0.29) is 0 Å². The van der Waals surface area contributed by atoms with Crippen LogP contribution in [0.4, 0.5) is 5.69 Å². The summed E-state index contributed by atoms with van der Waals surface area (Å²) in [4.78, 5) is 2.25. The number of hydrogen-bond acceptors (Lipinski definition) is 3. The molecule has 0 radical (unpaired) electrons. The molecule has 2 rings (SSSR count). The average molecular weight is 390 g/mol. The van der Waals surface area contributed by atoms with Crippen LogP contribution in [0.25, 0.3) is 0 Å². The summed E-state index contributed by atoms with van der Waals surface area (Å²) >= 11 is 8.75. The zero-order valence-corrected chi connectivity index (χ0v) is 14.0. The molecule has 0 aliphatic heterocycles. The number of hydrogen-bond donors (Lipinski definition) is 1. The molecule has 0 fully saturated rings. The van der Waals surface area contributed by atoms with Gasteiger partial charge in [0.1, 0.15) is 0 Å². The van der Waals surface area contributed by atoms with Gasteiger partial charge < -0.3 is 5.73 Å². The molecule has 2 aromatic rings. The van der Waals surface area contributed by atoms with Crippen molar-refractivity contribution < 1.29 is 0 Å². The van der Waals surface area contributed by atoms with E-state index in [0.29, 0.717) is 0 Å². The molecule has 1 heterocycles. The Labute approximate surface area is 128 Å². The van der Waals surface area contributed by atoms with E-state index in [0.717, 1.165) is 28.8 Å². The van der Waals surface area contributed by atoms with Crippen LogP contribution in [0.1, 0.15) is 11.1 Å². The summed E-state index contributed by atoms with van der Waals surface area (Å²) in [7, 11) is 2.10. The van der Waals surface area contributed by atoms with Gasteiger partial charge in [-0.2, -0.15) is 0 Å². The summed E-state index contributed by atoms with van der Waals surface area (Å²) in [6, 6.07) is 8.08. The third-order valence-corrected chi connectivity index (χ3v) is 4.95. The number of rotatable bonds is 4. The number of nitrogens with two attached hydrogens (primary N) is 1. The third kappa shape index (κ3) is 3.57. The predicted octanol–water partition coefficient (Wildman–Crippen LogP) is 4.49. The van der Waals surface area contributed by atoms with Gasteiger partial charge in [-0.3, -0.25) is 4.90 Å². The molecule has 0 aliphatic carbocycles. The maximum Gasteiger partial charge on any atom is 0.0701 e. The number of halogens is 2. The third-order valence-electron chi connectivity index (χ3n) is 2.66. The summed E-state index contributed by atoms with van der Waals surface area (Å²) in [5, 5.41) is 2.17. The highest BCUT2D eigenvalue weighted by atomic mass is 79.9. The van der Waals surface area contributed by atoms with Crippen LogP contribution < -0.4 is 5.73 Å². The van der Waals surface area contributed by atoms with Gasteiger partial charge >= 0.3 is 0 Å². The molecule has 0 spiro atoms. The minimum absolute atomic E-state index is 0.834. The minimum atomic E-state index is 0.834. The Kier molecular flexibility index (Phi) is 4.84. The molecule has 0 saturated carbocycles. The van der Waals surface area contributed by atoms with Gasteiger partial charge in [0, 0.05) is 28.8 Å². The van der Waals surface area contributed by atoms with Crippen molar-refractivity contribution in [1.82, 2.24) is 4.90 Å². The number of thiophene rings is 1. The molecule has 18 heavy (non-hydrogen) atoms. The predicted molar refractivity (Wildman–Crippen MR) is 85.7 cm³/mol. The topological polar surface area (TPSA) is 29.3 Å². The van der Waals surface area contributed by atoms with E-state index in [1.807, 2.05) is 18.2 Å². The highest BCUT2D eigenvalue weighted by Gasteiger charge is 2.08. The van der Waals surface area contributed by atoms with E-state index in [1.54, 1.807) is 11.3 Å². The van der Waals surface area contributed by atoms with Crippen LogP contribution in [0, 0.1) is 0 Å². The molecule has 0 unspecified atom stereocenters. The molecular weight excluding hydrogens is 376 g/mol. The Morgan fingerprint density at radius 1 is 1.28 bits per heavy atom. The van der Waals surface area contributed by atoms with Gasteiger partial charge in [0.25, 0.3) is 0 Å². The van der Waals surface area contributed by atoms with Crippen LogP contribution >= 0.6 is 43.2 Å². The fourth-order valence-electron chi connectivity index (χ4n) is 1.81. The van der Waals surface area contributed by atoms with Crippen LogP contribution in [-0.4, -0.2) is 11.9 Å². The van der Waals surface area contributed by atoms with Gasteiger partial charge in [0.15, 0.2) is 0 Å². The monoisotopic (exact) mass is 388 g/mol. The van der Waals surface area contributed by atoms with Crippen molar-refractivity contribution in [3.05, 3.63) is 49.0 Å². The van der Waals surface area contributed by atoms with Crippen molar-refractivity contribution in [2.24, 2.45) is 0 Å². The second-order valence-corrected chi connectivity index (χ2v) is 7.38. The van der Waals surface area contributed by atoms with E-state index in [4.69, 9.17) is 5.73 Å². The van der Waals surface area contributed by atoms with E-state index in [1.165, 1.54) is 9.35 Å². The Balaban J connectivity index is 2.05. The largest absolute Gasteiger partial charge is 0.398 e. The normalized spacial score (nSPS) is 11.1.